The van der Waals surface area contributed by atoms with Gasteiger partial charge in [0.15, 0.2) is 5.65 Å². The number of rotatable bonds is 6. The average Bonchev–Trinajstić information content (AvgIpc) is 3.30. The van der Waals surface area contributed by atoms with Gasteiger partial charge in [-0.05, 0) is 51.3 Å². The zero-order valence-electron chi connectivity index (χ0n) is 15.9. The van der Waals surface area contributed by atoms with E-state index in [1.165, 1.54) is 4.90 Å². The standard InChI is InChI=1S/C19H25N5O3/c1-19(2,27)11-24-16(25)10-23(18(24)26)15-6-13(12-4-5-12)8-22-9-14(7-20-3)21-17(15)22/h6,8-9,12,20,27H,4-5,7,10-11H2,1-3H3. The van der Waals surface area contributed by atoms with Crippen molar-refractivity contribution in [3.05, 3.63) is 29.7 Å². The monoisotopic (exact) mass is 371 g/mol. The van der Waals surface area contributed by atoms with Crippen molar-refractivity contribution >= 4 is 23.3 Å². The molecule has 4 rings (SSSR count). The second-order valence-electron chi connectivity index (χ2n) is 8.09. The number of urea groups is 1. The SMILES string of the molecule is CNCc1cn2cc(C3CC3)cc(N3CC(=O)N(CC(C)(C)O)C3=O)c2n1. The largest absolute Gasteiger partial charge is 0.389 e. The predicted octanol–water partition coefficient (Wildman–Crippen LogP) is 1.47. The average molecular weight is 371 g/mol. The quantitative estimate of drug-likeness (QED) is 0.751. The molecule has 1 saturated carbocycles. The molecular weight excluding hydrogens is 346 g/mol. The van der Waals surface area contributed by atoms with Crippen molar-refractivity contribution in [3.63, 3.8) is 0 Å². The molecule has 1 aliphatic heterocycles. The fourth-order valence-electron chi connectivity index (χ4n) is 3.53. The molecule has 2 aromatic heterocycles. The highest BCUT2D eigenvalue weighted by Gasteiger charge is 2.40. The van der Waals surface area contributed by atoms with Gasteiger partial charge in [0, 0.05) is 18.9 Å². The highest BCUT2D eigenvalue weighted by molar-refractivity contribution is 6.13. The van der Waals surface area contributed by atoms with Crippen LogP contribution >= 0.6 is 0 Å². The van der Waals surface area contributed by atoms with Crippen LogP contribution in [0.5, 0.6) is 0 Å². The van der Waals surface area contributed by atoms with Gasteiger partial charge >= 0.3 is 6.03 Å². The first-order chi connectivity index (χ1) is 12.8. The van der Waals surface area contributed by atoms with E-state index in [0.717, 1.165) is 29.0 Å². The van der Waals surface area contributed by atoms with Crippen molar-refractivity contribution in [2.45, 2.75) is 44.8 Å². The highest BCUT2D eigenvalue weighted by atomic mass is 16.3. The number of aromatic nitrogens is 2. The topological polar surface area (TPSA) is 90.2 Å². The minimum absolute atomic E-state index is 0.0286. The Balaban J connectivity index is 1.75. The van der Waals surface area contributed by atoms with Crippen LogP contribution in [0.15, 0.2) is 18.5 Å². The van der Waals surface area contributed by atoms with E-state index in [4.69, 9.17) is 0 Å². The van der Waals surface area contributed by atoms with E-state index < -0.39 is 11.6 Å². The molecule has 1 aliphatic carbocycles. The molecule has 2 aromatic rings. The molecule has 1 saturated heterocycles. The lowest BCUT2D eigenvalue weighted by atomic mass is 10.1. The van der Waals surface area contributed by atoms with Gasteiger partial charge in [-0.3, -0.25) is 14.6 Å². The Labute approximate surface area is 157 Å². The number of nitrogens with zero attached hydrogens (tertiary/aromatic N) is 4. The van der Waals surface area contributed by atoms with Gasteiger partial charge in [0.2, 0.25) is 0 Å². The number of hydrogen-bond acceptors (Lipinski definition) is 5. The summed E-state index contributed by atoms with van der Waals surface area (Å²) < 4.78 is 1.95. The molecule has 2 fully saturated rings. The van der Waals surface area contributed by atoms with Crippen LogP contribution in [-0.4, -0.2) is 57.1 Å². The van der Waals surface area contributed by atoms with Gasteiger partial charge in [-0.2, -0.15) is 0 Å². The van der Waals surface area contributed by atoms with Crippen molar-refractivity contribution in [1.29, 1.82) is 0 Å². The molecule has 2 N–H and O–H groups in total. The smallest absolute Gasteiger partial charge is 0.331 e. The summed E-state index contributed by atoms with van der Waals surface area (Å²) in [5.41, 5.74) is 2.21. The van der Waals surface area contributed by atoms with E-state index in [-0.39, 0.29) is 19.0 Å². The fourth-order valence-corrected chi connectivity index (χ4v) is 3.53. The van der Waals surface area contributed by atoms with Crippen molar-refractivity contribution in [1.82, 2.24) is 19.6 Å². The first-order valence-corrected chi connectivity index (χ1v) is 9.27. The number of hydrogen-bond donors (Lipinski definition) is 2. The third-order valence-electron chi connectivity index (χ3n) is 4.90. The van der Waals surface area contributed by atoms with Gasteiger partial charge in [0.1, 0.15) is 6.54 Å². The van der Waals surface area contributed by atoms with E-state index in [1.54, 1.807) is 13.8 Å². The van der Waals surface area contributed by atoms with Crippen LogP contribution in [0.1, 0.15) is 43.9 Å². The third kappa shape index (κ3) is 3.42. The molecule has 3 heterocycles. The fraction of sp³-hybridized carbons (Fsp3) is 0.526. The van der Waals surface area contributed by atoms with Crippen LogP contribution < -0.4 is 10.2 Å². The summed E-state index contributed by atoms with van der Waals surface area (Å²) in [7, 11) is 1.86. The Morgan fingerprint density at radius 2 is 2.04 bits per heavy atom. The van der Waals surface area contributed by atoms with Crippen LogP contribution in [0.4, 0.5) is 10.5 Å². The molecule has 3 amide bonds. The highest BCUT2D eigenvalue weighted by Crippen LogP contribution is 2.42. The van der Waals surface area contributed by atoms with Crippen LogP contribution in [0.25, 0.3) is 5.65 Å². The summed E-state index contributed by atoms with van der Waals surface area (Å²) in [5.74, 6) is 0.197. The Hall–Kier alpha value is -2.45. The van der Waals surface area contributed by atoms with E-state index >= 15 is 0 Å². The molecule has 0 spiro atoms. The van der Waals surface area contributed by atoms with Gasteiger partial charge in [0.25, 0.3) is 5.91 Å². The molecule has 0 unspecified atom stereocenters. The molecule has 0 atom stereocenters. The zero-order chi connectivity index (χ0) is 19.3. The summed E-state index contributed by atoms with van der Waals surface area (Å²) in [6, 6.07) is 1.58. The summed E-state index contributed by atoms with van der Waals surface area (Å²) >= 11 is 0. The minimum Gasteiger partial charge on any atom is -0.389 e. The van der Waals surface area contributed by atoms with Crippen LogP contribution in [0, 0.1) is 0 Å². The minimum atomic E-state index is -1.14. The van der Waals surface area contributed by atoms with E-state index in [9.17, 15) is 14.7 Å². The number of carbonyl (C=O) groups is 2. The molecule has 2 aliphatic rings. The molecule has 144 valence electrons. The Morgan fingerprint density at radius 1 is 1.30 bits per heavy atom. The number of pyridine rings is 1. The van der Waals surface area contributed by atoms with Crippen molar-refractivity contribution in [2.75, 3.05) is 25.0 Å². The van der Waals surface area contributed by atoms with Gasteiger partial charge < -0.3 is 14.8 Å². The van der Waals surface area contributed by atoms with Crippen LogP contribution in [0.3, 0.4) is 0 Å². The van der Waals surface area contributed by atoms with Crippen LogP contribution in [0.2, 0.25) is 0 Å². The molecule has 0 aromatic carbocycles. The maximum Gasteiger partial charge on any atom is 0.331 e. The number of imide groups is 1. The number of nitrogens with one attached hydrogen (secondary N) is 1. The maximum absolute atomic E-state index is 12.9. The molecule has 0 bridgehead atoms. The third-order valence-corrected chi connectivity index (χ3v) is 4.90. The van der Waals surface area contributed by atoms with Crippen molar-refractivity contribution < 1.29 is 14.7 Å². The first-order valence-electron chi connectivity index (χ1n) is 9.27. The molecule has 8 heteroatoms. The first kappa shape index (κ1) is 17.9. The lowest BCUT2D eigenvalue weighted by molar-refractivity contribution is -0.126. The van der Waals surface area contributed by atoms with Crippen molar-refractivity contribution in [2.24, 2.45) is 0 Å². The Kier molecular flexibility index (Phi) is 4.20. The number of aliphatic hydroxyl groups is 1. The van der Waals surface area contributed by atoms with Gasteiger partial charge in [-0.15, -0.1) is 0 Å². The lowest BCUT2D eigenvalue weighted by Gasteiger charge is -2.24. The maximum atomic E-state index is 12.9. The predicted molar refractivity (Wildman–Crippen MR) is 101 cm³/mol. The van der Waals surface area contributed by atoms with Crippen LogP contribution in [-0.2, 0) is 11.3 Å². The molecule has 27 heavy (non-hydrogen) atoms. The second-order valence-corrected chi connectivity index (χ2v) is 8.09. The number of amides is 3. The number of imidazole rings is 1. The number of anilines is 1. The Bertz CT molecular complexity index is 910. The van der Waals surface area contributed by atoms with E-state index in [1.807, 2.05) is 23.7 Å². The van der Waals surface area contributed by atoms with E-state index in [2.05, 4.69) is 16.5 Å². The number of β-amino-alcohol motifs (C(OH)–C–C–N with tert-alkyl or cyclic N) is 1. The number of fused-ring (bicyclic) bond motifs is 1. The normalized spacial score (nSPS) is 18.2. The summed E-state index contributed by atoms with van der Waals surface area (Å²) in [6.45, 7) is 3.73. The second kappa shape index (κ2) is 6.31. The van der Waals surface area contributed by atoms with Gasteiger partial charge in [0.05, 0.1) is 23.5 Å². The Morgan fingerprint density at radius 3 is 2.67 bits per heavy atom. The summed E-state index contributed by atoms with van der Waals surface area (Å²) in [5, 5.41) is 13.1. The summed E-state index contributed by atoms with van der Waals surface area (Å²) in [4.78, 5) is 32.6. The summed E-state index contributed by atoms with van der Waals surface area (Å²) in [6.07, 6.45) is 6.30. The number of carbonyl (C=O) groups excluding carboxylic acids is 2. The van der Waals surface area contributed by atoms with E-state index in [0.29, 0.717) is 23.8 Å². The molecule has 0 radical (unpaired) electrons. The molecular formula is C19H25N5O3. The lowest BCUT2D eigenvalue weighted by Crippen LogP contribution is -2.43. The van der Waals surface area contributed by atoms with Gasteiger partial charge in [-0.25, -0.2) is 9.78 Å². The van der Waals surface area contributed by atoms with Gasteiger partial charge in [-0.1, -0.05) is 0 Å². The van der Waals surface area contributed by atoms with Crippen molar-refractivity contribution in [3.8, 4) is 0 Å². The molecule has 8 nitrogen and oxygen atoms in total. The zero-order valence-corrected chi connectivity index (χ0v) is 15.9.